The molecule has 0 aromatic carbocycles. The van der Waals surface area contributed by atoms with Crippen LogP contribution < -0.4 is 0 Å². The third-order valence-electron chi connectivity index (χ3n) is 6.03. The molecule has 15 nitrogen and oxygen atoms in total. The lowest BCUT2D eigenvalue weighted by molar-refractivity contribution is -0.361. The topological polar surface area (TPSA) is 248 Å². The van der Waals surface area contributed by atoms with Gasteiger partial charge in [-0.05, 0) is 6.92 Å². The SMILES string of the molecule is C[C@@H]1OC(OC[C@H]2OC(O[C@H]3[C@H](O)[C@@H](O)C(O)O[C@@H]3CO)[C@H](O)[C@@H](O)[C@H]2O)[C@@H](O)[C@H](O)[C@@H]1O. The molecule has 0 radical (unpaired) electrons. The molecule has 0 aromatic heterocycles. The molecule has 10 N–H and O–H groups in total. The number of rotatable bonds is 6. The standard InChI is InChI=1S/C18H32O15/c1-4-7(20)9(22)13(26)17(30-4)29-3-6-8(21)10(23)14(27)18(32-6)33-15-5(2-19)31-16(28)12(25)11(15)24/h4-28H,2-3H2,1H3/t4-,5+,6+,7+,8-,9+,10-,11+,12+,13-,14+,15+,16?,17?,18?/m0/s1. The molecule has 194 valence electrons. The highest BCUT2D eigenvalue weighted by Gasteiger charge is 2.51. The van der Waals surface area contributed by atoms with Gasteiger partial charge in [-0.1, -0.05) is 0 Å². The first-order valence-corrected chi connectivity index (χ1v) is 10.4. The lowest BCUT2D eigenvalue weighted by Crippen LogP contribution is -2.64. The molecular formula is C18H32O15. The summed E-state index contributed by atoms with van der Waals surface area (Å²) in [6, 6.07) is 0. The van der Waals surface area contributed by atoms with E-state index in [4.69, 9.17) is 23.7 Å². The molecule has 15 heteroatoms. The Morgan fingerprint density at radius 2 is 1.21 bits per heavy atom. The molecule has 33 heavy (non-hydrogen) atoms. The van der Waals surface area contributed by atoms with Crippen molar-refractivity contribution in [2.75, 3.05) is 13.2 Å². The van der Waals surface area contributed by atoms with Crippen LogP contribution in [-0.4, -0.2) is 156 Å². The average molecular weight is 488 g/mol. The van der Waals surface area contributed by atoms with Gasteiger partial charge in [0.1, 0.15) is 67.1 Å². The third-order valence-corrected chi connectivity index (χ3v) is 6.03. The third kappa shape index (κ3) is 5.48. The van der Waals surface area contributed by atoms with Crippen molar-refractivity contribution in [2.45, 2.75) is 99.0 Å². The zero-order valence-electron chi connectivity index (χ0n) is 17.6. The number of ether oxygens (including phenoxy) is 5. The van der Waals surface area contributed by atoms with E-state index < -0.39 is 105 Å². The minimum absolute atomic E-state index is 0.531. The molecule has 3 unspecified atom stereocenters. The van der Waals surface area contributed by atoms with E-state index >= 15 is 0 Å². The Bertz CT molecular complexity index is 624. The Hall–Kier alpha value is -0.600. The van der Waals surface area contributed by atoms with Crippen LogP contribution in [0.15, 0.2) is 0 Å². The monoisotopic (exact) mass is 488 g/mol. The van der Waals surface area contributed by atoms with Crippen molar-refractivity contribution in [1.82, 2.24) is 0 Å². The Labute approximate surface area is 187 Å². The maximum absolute atomic E-state index is 10.3. The molecule has 0 aromatic rings. The molecule has 3 aliphatic heterocycles. The summed E-state index contributed by atoms with van der Waals surface area (Å²) in [4.78, 5) is 0. The first kappa shape index (κ1) is 27.0. The van der Waals surface area contributed by atoms with E-state index in [1.54, 1.807) is 0 Å². The van der Waals surface area contributed by atoms with Crippen LogP contribution in [0.1, 0.15) is 6.92 Å². The van der Waals surface area contributed by atoms with Crippen LogP contribution in [0.2, 0.25) is 0 Å². The average Bonchev–Trinajstić information content (AvgIpc) is 2.79. The molecule has 3 fully saturated rings. The smallest absolute Gasteiger partial charge is 0.187 e. The van der Waals surface area contributed by atoms with E-state index in [0.29, 0.717) is 0 Å². The van der Waals surface area contributed by atoms with Crippen molar-refractivity contribution in [3.8, 4) is 0 Å². The van der Waals surface area contributed by atoms with Gasteiger partial charge in [0.2, 0.25) is 0 Å². The van der Waals surface area contributed by atoms with Crippen molar-refractivity contribution in [3.05, 3.63) is 0 Å². The van der Waals surface area contributed by atoms with Gasteiger partial charge in [0.15, 0.2) is 18.9 Å². The predicted molar refractivity (Wildman–Crippen MR) is 99.8 cm³/mol. The lowest BCUT2D eigenvalue weighted by atomic mass is 9.97. The van der Waals surface area contributed by atoms with Gasteiger partial charge in [-0.25, -0.2) is 0 Å². The molecule has 0 saturated carbocycles. The van der Waals surface area contributed by atoms with Crippen LogP contribution in [0.3, 0.4) is 0 Å². The minimum atomic E-state index is -1.83. The molecule has 0 spiro atoms. The zero-order valence-corrected chi connectivity index (χ0v) is 17.6. The maximum atomic E-state index is 10.3. The maximum Gasteiger partial charge on any atom is 0.187 e. The van der Waals surface area contributed by atoms with Gasteiger partial charge in [-0.3, -0.25) is 0 Å². The van der Waals surface area contributed by atoms with Gasteiger partial charge in [0.25, 0.3) is 0 Å². The largest absolute Gasteiger partial charge is 0.394 e. The second-order valence-electron chi connectivity index (χ2n) is 8.36. The summed E-state index contributed by atoms with van der Waals surface area (Å²) < 4.78 is 26.5. The highest BCUT2D eigenvalue weighted by atomic mass is 16.7. The molecular weight excluding hydrogens is 456 g/mol. The van der Waals surface area contributed by atoms with Crippen molar-refractivity contribution in [1.29, 1.82) is 0 Å². The van der Waals surface area contributed by atoms with E-state index in [-0.39, 0.29) is 0 Å². The van der Waals surface area contributed by atoms with Crippen LogP contribution in [-0.2, 0) is 23.7 Å². The summed E-state index contributed by atoms with van der Waals surface area (Å²) in [5.41, 5.74) is 0. The Morgan fingerprint density at radius 3 is 1.85 bits per heavy atom. The fourth-order valence-corrected chi connectivity index (χ4v) is 3.90. The Morgan fingerprint density at radius 1 is 0.606 bits per heavy atom. The van der Waals surface area contributed by atoms with Crippen molar-refractivity contribution in [3.63, 3.8) is 0 Å². The molecule has 3 rings (SSSR count). The summed E-state index contributed by atoms with van der Waals surface area (Å²) in [5.74, 6) is 0. The first-order valence-electron chi connectivity index (χ1n) is 10.4. The van der Waals surface area contributed by atoms with E-state index in [1.165, 1.54) is 6.92 Å². The van der Waals surface area contributed by atoms with Crippen molar-refractivity contribution >= 4 is 0 Å². The van der Waals surface area contributed by atoms with Crippen LogP contribution >= 0.6 is 0 Å². The normalized spacial score (nSPS) is 53.7. The van der Waals surface area contributed by atoms with Gasteiger partial charge in [-0.15, -0.1) is 0 Å². The van der Waals surface area contributed by atoms with Gasteiger partial charge in [0, 0.05) is 0 Å². The van der Waals surface area contributed by atoms with Crippen LogP contribution in [0, 0.1) is 0 Å². The summed E-state index contributed by atoms with van der Waals surface area (Å²) in [6.07, 6.45) is -23.5. The lowest BCUT2D eigenvalue weighted by Gasteiger charge is -2.45. The second-order valence-corrected chi connectivity index (χ2v) is 8.36. The second kappa shape index (κ2) is 11.0. The van der Waals surface area contributed by atoms with Crippen molar-refractivity contribution in [2.24, 2.45) is 0 Å². The summed E-state index contributed by atoms with van der Waals surface area (Å²) in [6.45, 7) is 0.165. The molecule has 3 heterocycles. The first-order chi connectivity index (χ1) is 15.5. The fraction of sp³-hybridized carbons (Fsp3) is 1.00. The molecule has 0 amide bonds. The predicted octanol–water partition coefficient (Wildman–Crippen LogP) is -6.55. The Kier molecular flexibility index (Phi) is 8.99. The Balaban J connectivity index is 1.66. The summed E-state index contributed by atoms with van der Waals surface area (Å²) in [7, 11) is 0. The quantitative estimate of drug-likeness (QED) is 0.167. The van der Waals surface area contributed by atoms with E-state index in [2.05, 4.69) is 0 Å². The van der Waals surface area contributed by atoms with Gasteiger partial charge >= 0.3 is 0 Å². The summed E-state index contributed by atoms with van der Waals surface area (Å²) >= 11 is 0. The number of aliphatic hydroxyl groups is 10. The van der Waals surface area contributed by atoms with E-state index in [9.17, 15) is 51.1 Å². The van der Waals surface area contributed by atoms with Gasteiger partial charge in [-0.2, -0.15) is 0 Å². The van der Waals surface area contributed by atoms with E-state index in [0.717, 1.165) is 0 Å². The molecule has 0 bridgehead atoms. The minimum Gasteiger partial charge on any atom is -0.394 e. The van der Waals surface area contributed by atoms with Crippen LogP contribution in [0.5, 0.6) is 0 Å². The van der Waals surface area contributed by atoms with Crippen molar-refractivity contribution < 1.29 is 74.7 Å². The van der Waals surface area contributed by atoms with Crippen LogP contribution in [0.25, 0.3) is 0 Å². The fourth-order valence-electron chi connectivity index (χ4n) is 3.90. The molecule has 3 saturated heterocycles. The number of aliphatic hydroxyl groups excluding tert-OH is 10. The van der Waals surface area contributed by atoms with E-state index in [1.807, 2.05) is 0 Å². The number of hydrogen-bond donors (Lipinski definition) is 10. The molecule has 0 aliphatic carbocycles. The molecule has 15 atom stereocenters. The number of hydrogen-bond acceptors (Lipinski definition) is 15. The zero-order chi connectivity index (χ0) is 24.6. The van der Waals surface area contributed by atoms with Gasteiger partial charge in [0.05, 0.1) is 19.3 Å². The summed E-state index contributed by atoms with van der Waals surface area (Å²) in [5, 5.41) is 99.4. The highest BCUT2D eigenvalue weighted by molar-refractivity contribution is 4.94. The van der Waals surface area contributed by atoms with Gasteiger partial charge < -0.3 is 74.7 Å². The molecule has 3 aliphatic rings. The van der Waals surface area contributed by atoms with Crippen LogP contribution in [0.4, 0.5) is 0 Å². The highest BCUT2D eigenvalue weighted by Crippen LogP contribution is 2.29.